The molecule has 220 valence electrons. The molecule has 3 N–H and O–H groups in total. The lowest BCUT2D eigenvalue weighted by molar-refractivity contribution is -0.150. The molecular formula is C31H43FN2O6. The Labute approximate surface area is 236 Å². The Morgan fingerprint density at radius 1 is 1.10 bits per heavy atom. The maximum atomic E-state index is 15.0. The van der Waals surface area contributed by atoms with Gasteiger partial charge < -0.3 is 25.2 Å². The molecule has 2 amide bonds. The molecule has 0 aromatic heterocycles. The zero-order chi connectivity index (χ0) is 29.1. The van der Waals surface area contributed by atoms with E-state index in [-0.39, 0.29) is 40.4 Å². The van der Waals surface area contributed by atoms with Crippen molar-refractivity contribution < 1.29 is 33.4 Å². The highest BCUT2D eigenvalue weighted by Crippen LogP contribution is 2.40. The second-order valence-electron chi connectivity index (χ2n) is 12.4. The van der Waals surface area contributed by atoms with Crippen molar-refractivity contribution in [3.63, 3.8) is 0 Å². The van der Waals surface area contributed by atoms with Gasteiger partial charge in [0, 0.05) is 18.7 Å². The van der Waals surface area contributed by atoms with Crippen molar-refractivity contribution in [2.24, 2.45) is 22.7 Å². The van der Waals surface area contributed by atoms with Crippen molar-refractivity contribution in [1.29, 1.82) is 0 Å². The van der Waals surface area contributed by atoms with E-state index in [9.17, 15) is 23.9 Å². The van der Waals surface area contributed by atoms with Gasteiger partial charge in [-0.05, 0) is 75.7 Å². The lowest BCUT2D eigenvalue weighted by Crippen LogP contribution is -2.52. The van der Waals surface area contributed by atoms with Gasteiger partial charge in [0.2, 0.25) is 5.91 Å². The number of aliphatic carboxylic acids is 1. The van der Waals surface area contributed by atoms with Crippen molar-refractivity contribution in [1.82, 2.24) is 10.6 Å². The fourth-order valence-electron chi connectivity index (χ4n) is 6.21. The number of carboxylic acids is 1. The molecule has 0 aliphatic heterocycles. The molecular weight excluding hydrogens is 515 g/mol. The molecule has 3 atom stereocenters. The standard InChI is InChI=1S/C31H43FN2O6/c1-5-19-8-6-9-23(26(19)28(36)33-18-30(2)12-7-13-30)34-27(35)21-16-25(22(32)17-24(21)39-4)40-20-10-14-31(3,15-11-20)29(37)38/h6,8,16-17,19-20,23,26H,5,7,9-15,18H2,1-4H3,(H,33,36)(H,34,35)(H,37,38)/t19-,20-,23-,26+,31+/m1/s1. The molecule has 8 nitrogen and oxygen atoms in total. The van der Waals surface area contributed by atoms with Crippen LogP contribution >= 0.6 is 0 Å². The van der Waals surface area contributed by atoms with Gasteiger partial charge in [0.25, 0.3) is 5.91 Å². The van der Waals surface area contributed by atoms with E-state index < -0.39 is 35.1 Å². The van der Waals surface area contributed by atoms with E-state index in [1.165, 1.54) is 19.6 Å². The summed E-state index contributed by atoms with van der Waals surface area (Å²) in [6.45, 7) is 6.56. The first kappa shape index (κ1) is 29.9. The molecule has 2 saturated carbocycles. The summed E-state index contributed by atoms with van der Waals surface area (Å²) >= 11 is 0. The molecule has 0 bridgehead atoms. The summed E-state index contributed by atoms with van der Waals surface area (Å²) in [6, 6.07) is 2.05. The highest BCUT2D eigenvalue weighted by atomic mass is 19.1. The number of allylic oxidation sites excluding steroid dienone is 1. The lowest BCUT2D eigenvalue weighted by Gasteiger charge is -2.40. The Hall–Kier alpha value is -3.10. The summed E-state index contributed by atoms with van der Waals surface area (Å²) in [5.74, 6) is -2.46. The Balaban J connectivity index is 1.48. The van der Waals surface area contributed by atoms with Crippen molar-refractivity contribution in [3.8, 4) is 11.5 Å². The average Bonchev–Trinajstić information content (AvgIpc) is 2.92. The summed E-state index contributed by atoms with van der Waals surface area (Å²) in [5, 5.41) is 15.7. The fourth-order valence-corrected chi connectivity index (χ4v) is 6.21. The predicted octanol–water partition coefficient (Wildman–Crippen LogP) is 5.25. The number of amides is 2. The molecule has 3 aliphatic carbocycles. The first-order valence-corrected chi connectivity index (χ1v) is 14.5. The maximum Gasteiger partial charge on any atom is 0.309 e. The molecule has 1 aromatic rings. The predicted molar refractivity (Wildman–Crippen MR) is 149 cm³/mol. The van der Waals surface area contributed by atoms with Crippen molar-refractivity contribution in [3.05, 3.63) is 35.7 Å². The highest BCUT2D eigenvalue weighted by Gasteiger charge is 2.40. The van der Waals surface area contributed by atoms with Crippen LogP contribution in [0.3, 0.4) is 0 Å². The van der Waals surface area contributed by atoms with Crippen molar-refractivity contribution in [2.75, 3.05) is 13.7 Å². The fraction of sp³-hybridized carbons (Fsp3) is 0.645. The van der Waals surface area contributed by atoms with Gasteiger partial charge in [0.15, 0.2) is 11.6 Å². The van der Waals surface area contributed by atoms with E-state index in [0.29, 0.717) is 38.6 Å². The highest BCUT2D eigenvalue weighted by molar-refractivity contribution is 5.98. The molecule has 9 heteroatoms. The largest absolute Gasteiger partial charge is 0.496 e. The summed E-state index contributed by atoms with van der Waals surface area (Å²) in [4.78, 5) is 38.5. The Bertz CT molecular complexity index is 1140. The van der Waals surface area contributed by atoms with E-state index in [4.69, 9.17) is 9.47 Å². The molecule has 0 heterocycles. The molecule has 40 heavy (non-hydrogen) atoms. The number of carbonyl (C=O) groups is 3. The molecule has 3 aliphatic rings. The van der Waals surface area contributed by atoms with Gasteiger partial charge in [-0.25, -0.2) is 4.39 Å². The van der Waals surface area contributed by atoms with Gasteiger partial charge in [-0.15, -0.1) is 0 Å². The third-order valence-electron chi connectivity index (χ3n) is 9.35. The summed E-state index contributed by atoms with van der Waals surface area (Å²) in [6.07, 6.45) is 10.1. The molecule has 0 saturated heterocycles. The molecule has 4 rings (SSSR count). The maximum absolute atomic E-state index is 15.0. The number of benzene rings is 1. The van der Waals surface area contributed by atoms with Crippen LogP contribution in [0.4, 0.5) is 4.39 Å². The van der Waals surface area contributed by atoms with Crippen LogP contribution < -0.4 is 20.1 Å². The Kier molecular flexibility index (Phi) is 9.10. The number of methoxy groups -OCH3 is 1. The van der Waals surface area contributed by atoms with Crippen LogP contribution in [0.2, 0.25) is 0 Å². The summed E-state index contributed by atoms with van der Waals surface area (Å²) in [5.41, 5.74) is -0.552. The number of carboxylic acid groups (broad SMARTS) is 1. The molecule has 2 fully saturated rings. The van der Waals surface area contributed by atoms with Gasteiger partial charge in [-0.2, -0.15) is 0 Å². The molecule has 0 radical (unpaired) electrons. The first-order chi connectivity index (χ1) is 19.0. The Morgan fingerprint density at radius 2 is 1.80 bits per heavy atom. The van der Waals surface area contributed by atoms with E-state index in [1.807, 2.05) is 13.0 Å². The van der Waals surface area contributed by atoms with Crippen LogP contribution in [0.15, 0.2) is 24.3 Å². The Morgan fingerprint density at radius 3 is 2.38 bits per heavy atom. The minimum atomic E-state index is -0.840. The van der Waals surface area contributed by atoms with Gasteiger partial charge in [0.05, 0.1) is 30.1 Å². The van der Waals surface area contributed by atoms with E-state index in [0.717, 1.165) is 25.3 Å². The minimum Gasteiger partial charge on any atom is -0.496 e. The zero-order valence-electron chi connectivity index (χ0n) is 24.1. The van der Waals surface area contributed by atoms with Crippen LogP contribution in [0, 0.1) is 28.5 Å². The topological polar surface area (TPSA) is 114 Å². The van der Waals surface area contributed by atoms with Crippen LogP contribution in [-0.4, -0.2) is 48.7 Å². The molecule has 0 unspecified atom stereocenters. The van der Waals surface area contributed by atoms with Gasteiger partial charge in [-0.1, -0.05) is 32.4 Å². The summed E-state index contributed by atoms with van der Waals surface area (Å²) in [7, 11) is 1.37. The third-order valence-corrected chi connectivity index (χ3v) is 9.35. The second kappa shape index (κ2) is 12.2. The second-order valence-corrected chi connectivity index (χ2v) is 12.4. The zero-order valence-corrected chi connectivity index (χ0v) is 24.1. The summed E-state index contributed by atoms with van der Waals surface area (Å²) < 4.78 is 26.2. The van der Waals surface area contributed by atoms with Crippen molar-refractivity contribution in [2.45, 2.75) is 90.7 Å². The van der Waals surface area contributed by atoms with Gasteiger partial charge >= 0.3 is 5.97 Å². The van der Waals surface area contributed by atoms with Gasteiger partial charge in [-0.3, -0.25) is 14.4 Å². The number of hydrogen-bond donors (Lipinski definition) is 3. The van der Waals surface area contributed by atoms with Crippen LogP contribution in [0.25, 0.3) is 0 Å². The number of nitrogens with one attached hydrogen (secondary N) is 2. The molecule has 1 aromatic carbocycles. The van der Waals surface area contributed by atoms with Crippen LogP contribution in [0.5, 0.6) is 11.5 Å². The third kappa shape index (κ3) is 6.44. The van der Waals surface area contributed by atoms with Gasteiger partial charge in [0.1, 0.15) is 5.75 Å². The number of rotatable bonds is 10. The number of hydrogen-bond acceptors (Lipinski definition) is 5. The monoisotopic (exact) mass is 558 g/mol. The lowest BCUT2D eigenvalue weighted by atomic mass is 9.70. The van der Waals surface area contributed by atoms with E-state index in [1.54, 1.807) is 6.92 Å². The quantitative estimate of drug-likeness (QED) is 0.338. The van der Waals surface area contributed by atoms with Crippen molar-refractivity contribution >= 4 is 17.8 Å². The number of halogens is 1. The number of ether oxygens (including phenoxy) is 2. The van der Waals surface area contributed by atoms with E-state index in [2.05, 4.69) is 23.6 Å². The average molecular weight is 559 g/mol. The first-order valence-electron chi connectivity index (χ1n) is 14.5. The van der Waals surface area contributed by atoms with Crippen LogP contribution in [0.1, 0.15) is 88.9 Å². The smallest absolute Gasteiger partial charge is 0.309 e. The normalized spacial score (nSPS) is 29.1. The SMILES string of the molecule is CC[C@@H]1C=CC[C@@H](NC(=O)c2cc(O[C@H]3CC[C@@](C)(C(=O)O)CC3)c(F)cc2OC)[C@H]1C(=O)NCC1(C)CCC1. The molecule has 0 spiro atoms. The number of carbonyl (C=O) groups excluding carboxylic acids is 2. The van der Waals surface area contributed by atoms with Crippen LogP contribution in [-0.2, 0) is 9.59 Å². The van der Waals surface area contributed by atoms with E-state index >= 15 is 0 Å². The minimum absolute atomic E-state index is 0.00922.